The molecule has 0 fully saturated rings. The summed E-state index contributed by atoms with van der Waals surface area (Å²) in [4.78, 5) is 0. The van der Waals surface area contributed by atoms with E-state index in [1.165, 1.54) is 5.56 Å². The standard InChI is InChI=1S/C9H17N3/c1-7(2)9-5-11-12(6-9)8(3)4-10/h5-8H,4,10H2,1-3H3. The summed E-state index contributed by atoms with van der Waals surface area (Å²) in [7, 11) is 0. The molecular formula is C9H17N3. The molecule has 0 radical (unpaired) electrons. The van der Waals surface area contributed by atoms with Crippen molar-refractivity contribution >= 4 is 0 Å². The van der Waals surface area contributed by atoms with Crippen molar-refractivity contribution in [3.8, 4) is 0 Å². The van der Waals surface area contributed by atoms with Gasteiger partial charge in [-0.3, -0.25) is 4.68 Å². The lowest BCUT2D eigenvalue weighted by atomic mass is 10.1. The summed E-state index contributed by atoms with van der Waals surface area (Å²) >= 11 is 0. The van der Waals surface area contributed by atoms with Gasteiger partial charge >= 0.3 is 0 Å². The molecule has 1 unspecified atom stereocenters. The highest BCUT2D eigenvalue weighted by atomic mass is 15.3. The molecule has 1 heterocycles. The number of nitrogens with zero attached hydrogens (tertiary/aromatic N) is 2. The van der Waals surface area contributed by atoms with Gasteiger partial charge in [0.05, 0.1) is 12.2 Å². The van der Waals surface area contributed by atoms with Crippen LogP contribution in [0.2, 0.25) is 0 Å². The summed E-state index contributed by atoms with van der Waals surface area (Å²) < 4.78 is 1.93. The average Bonchev–Trinajstić information content (AvgIpc) is 2.51. The lowest BCUT2D eigenvalue weighted by Crippen LogP contribution is -2.16. The van der Waals surface area contributed by atoms with Crippen LogP contribution in [0.15, 0.2) is 12.4 Å². The Balaban J connectivity index is 2.77. The number of hydrogen-bond donors (Lipinski definition) is 1. The maximum absolute atomic E-state index is 5.53. The molecule has 0 saturated carbocycles. The van der Waals surface area contributed by atoms with Gasteiger partial charge in [-0.05, 0) is 18.4 Å². The maximum atomic E-state index is 5.53. The van der Waals surface area contributed by atoms with Crippen molar-refractivity contribution in [1.82, 2.24) is 9.78 Å². The van der Waals surface area contributed by atoms with Crippen molar-refractivity contribution < 1.29 is 0 Å². The Labute approximate surface area is 73.6 Å². The Hall–Kier alpha value is -0.830. The van der Waals surface area contributed by atoms with Crippen molar-refractivity contribution in [1.29, 1.82) is 0 Å². The molecule has 0 aromatic carbocycles. The lowest BCUT2D eigenvalue weighted by molar-refractivity contribution is 0.500. The third kappa shape index (κ3) is 1.85. The molecule has 0 bridgehead atoms. The predicted octanol–water partition coefficient (Wildman–Crippen LogP) is 1.53. The van der Waals surface area contributed by atoms with Gasteiger partial charge in [-0.2, -0.15) is 5.10 Å². The predicted molar refractivity (Wildman–Crippen MR) is 50.1 cm³/mol. The zero-order valence-corrected chi connectivity index (χ0v) is 7.99. The number of aromatic nitrogens is 2. The smallest absolute Gasteiger partial charge is 0.0613 e. The minimum Gasteiger partial charge on any atom is -0.328 e. The quantitative estimate of drug-likeness (QED) is 0.741. The topological polar surface area (TPSA) is 43.8 Å². The Bertz CT molecular complexity index is 240. The van der Waals surface area contributed by atoms with Crippen LogP contribution in [0, 0.1) is 0 Å². The highest BCUT2D eigenvalue weighted by Gasteiger charge is 2.06. The van der Waals surface area contributed by atoms with Crippen LogP contribution in [0.3, 0.4) is 0 Å². The molecule has 0 amide bonds. The average molecular weight is 167 g/mol. The molecule has 68 valence electrons. The van der Waals surface area contributed by atoms with Crippen molar-refractivity contribution in [3.05, 3.63) is 18.0 Å². The van der Waals surface area contributed by atoms with Gasteiger partial charge in [0.15, 0.2) is 0 Å². The summed E-state index contributed by atoms with van der Waals surface area (Å²) in [6.07, 6.45) is 3.99. The van der Waals surface area contributed by atoms with E-state index < -0.39 is 0 Å². The molecule has 0 aliphatic carbocycles. The number of hydrogen-bond acceptors (Lipinski definition) is 2. The Morgan fingerprint density at radius 3 is 2.58 bits per heavy atom. The number of nitrogens with two attached hydrogens (primary N) is 1. The Kier molecular flexibility index (Phi) is 2.87. The minimum absolute atomic E-state index is 0.303. The third-order valence-electron chi connectivity index (χ3n) is 2.08. The minimum atomic E-state index is 0.303. The van der Waals surface area contributed by atoms with Gasteiger partial charge in [0.1, 0.15) is 0 Å². The summed E-state index contributed by atoms with van der Waals surface area (Å²) in [5.41, 5.74) is 6.80. The summed E-state index contributed by atoms with van der Waals surface area (Å²) in [5.74, 6) is 0.545. The third-order valence-corrected chi connectivity index (χ3v) is 2.08. The highest BCUT2D eigenvalue weighted by molar-refractivity contribution is 5.09. The van der Waals surface area contributed by atoms with E-state index in [1.807, 2.05) is 10.9 Å². The Morgan fingerprint density at radius 2 is 2.17 bits per heavy atom. The summed E-state index contributed by atoms with van der Waals surface area (Å²) in [5, 5.41) is 4.24. The maximum Gasteiger partial charge on any atom is 0.0613 e. The van der Waals surface area contributed by atoms with Crippen molar-refractivity contribution in [2.45, 2.75) is 32.7 Å². The second kappa shape index (κ2) is 3.72. The highest BCUT2D eigenvalue weighted by Crippen LogP contribution is 2.14. The number of rotatable bonds is 3. The van der Waals surface area contributed by atoms with Gasteiger partial charge < -0.3 is 5.73 Å². The van der Waals surface area contributed by atoms with Crippen LogP contribution < -0.4 is 5.73 Å². The van der Waals surface area contributed by atoms with E-state index in [1.54, 1.807) is 0 Å². The van der Waals surface area contributed by atoms with E-state index in [4.69, 9.17) is 5.73 Å². The van der Waals surface area contributed by atoms with Crippen LogP contribution in [-0.2, 0) is 0 Å². The molecule has 0 aliphatic heterocycles. The second-order valence-electron chi connectivity index (χ2n) is 3.49. The van der Waals surface area contributed by atoms with Gasteiger partial charge in [-0.1, -0.05) is 13.8 Å². The molecule has 0 spiro atoms. The normalized spacial score (nSPS) is 13.8. The first-order valence-corrected chi connectivity index (χ1v) is 4.39. The fourth-order valence-electron chi connectivity index (χ4n) is 1.000. The molecular weight excluding hydrogens is 150 g/mol. The van der Waals surface area contributed by atoms with E-state index in [-0.39, 0.29) is 0 Å². The van der Waals surface area contributed by atoms with Gasteiger partial charge in [0.25, 0.3) is 0 Å². The molecule has 1 rings (SSSR count). The molecule has 1 atom stereocenters. The molecule has 3 heteroatoms. The first-order chi connectivity index (χ1) is 5.65. The fourth-order valence-corrected chi connectivity index (χ4v) is 1.000. The summed E-state index contributed by atoms with van der Waals surface area (Å²) in [6.45, 7) is 7.03. The van der Waals surface area contributed by atoms with E-state index in [0.717, 1.165) is 0 Å². The molecule has 12 heavy (non-hydrogen) atoms. The monoisotopic (exact) mass is 167 g/mol. The van der Waals surface area contributed by atoms with E-state index in [9.17, 15) is 0 Å². The van der Waals surface area contributed by atoms with Gasteiger partial charge in [-0.25, -0.2) is 0 Å². The second-order valence-corrected chi connectivity index (χ2v) is 3.49. The first kappa shape index (κ1) is 9.26. The lowest BCUT2D eigenvalue weighted by Gasteiger charge is -2.07. The van der Waals surface area contributed by atoms with Crippen molar-refractivity contribution in [2.75, 3.05) is 6.54 Å². The van der Waals surface area contributed by atoms with Crippen LogP contribution >= 0.6 is 0 Å². The molecule has 1 aromatic rings. The SMILES string of the molecule is CC(C)c1cnn(C(C)CN)c1. The van der Waals surface area contributed by atoms with Crippen LogP contribution in [0.25, 0.3) is 0 Å². The van der Waals surface area contributed by atoms with Gasteiger partial charge in [0.2, 0.25) is 0 Å². The van der Waals surface area contributed by atoms with Crippen molar-refractivity contribution in [3.63, 3.8) is 0 Å². The van der Waals surface area contributed by atoms with Crippen LogP contribution in [0.1, 0.15) is 38.3 Å². The van der Waals surface area contributed by atoms with Gasteiger partial charge in [0, 0.05) is 12.7 Å². The van der Waals surface area contributed by atoms with E-state index in [0.29, 0.717) is 18.5 Å². The molecule has 2 N–H and O–H groups in total. The van der Waals surface area contributed by atoms with Crippen LogP contribution in [-0.4, -0.2) is 16.3 Å². The molecule has 0 aliphatic rings. The Morgan fingerprint density at radius 1 is 1.50 bits per heavy atom. The molecule has 3 nitrogen and oxygen atoms in total. The fraction of sp³-hybridized carbons (Fsp3) is 0.667. The molecule has 1 aromatic heterocycles. The van der Waals surface area contributed by atoms with E-state index >= 15 is 0 Å². The first-order valence-electron chi connectivity index (χ1n) is 4.39. The summed E-state index contributed by atoms with van der Waals surface area (Å²) in [6, 6.07) is 0.303. The van der Waals surface area contributed by atoms with E-state index in [2.05, 4.69) is 32.1 Å². The van der Waals surface area contributed by atoms with Gasteiger partial charge in [-0.15, -0.1) is 0 Å². The zero-order chi connectivity index (χ0) is 9.14. The van der Waals surface area contributed by atoms with Crippen LogP contribution in [0.5, 0.6) is 0 Å². The van der Waals surface area contributed by atoms with Crippen molar-refractivity contribution in [2.24, 2.45) is 5.73 Å². The zero-order valence-electron chi connectivity index (χ0n) is 7.99. The van der Waals surface area contributed by atoms with Crippen LogP contribution in [0.4, 0.5) is 0 Å². The molecule has 0 saturated heterocycles. The largest absolute Gasteiger partial charge is 0.328 e.